The average molecular weight is 1260 g/mol. The van der Waals surface area contributed by atoms with Gasteiger partial charge in [-0.25, -0.2) is 18.7 Å². The van der Waals surface area contributed by atoms with Gasteiger partial charge in [0.2, 0.25) is 0 Å². The van der Waals surface area contributed by atoms with Crippen molar-refractivity contribution in [3.05, 3.63) is 154 Å². The number of rotatable bonds is 10. The zero-order chi connectivity index (χ0) is 50.4. The molecule has 8 aromatic rings. The Morgan fingerprint density at radius 1 is 0.386 bits per heavy atom. The van der Waals surface area contributed by atoms with Gasteiger partial charge in [-0.15, -0.1) is 20.4 Å². The van der Waals surface area contributed by atoms with Gasteiger partial charge in [-0.2, -0.15) is 0 Å². The standard InChI is InChI=1S/2C10H8N2.4C3H4N4O2.2NO3.2Tb/c2*1-3-7-11-9(5-1)10-6-2-4-8-12-10;4*8-3(9)1-7-2-4-5-6-7;2*2-1(3)4;;/h2*1-8H;4*2H,1H2,(H,8,9);;;;/q;;;;;;2*-1;2*+3/p-4. The van der Waals surface area contributed by atoms with Crippen LogP contribution in [0.2, 0.25) is 0 Å². The number of pyridine rings is 4. The summed E-state index contributed by atoms with van der Waals surface area (Å²) in [5, 5.41) is 108. The van der Waals surface area contributed by atoms with Crippen LogP contribution in [0, 0.1) is 108 Å². The molecule has 38 heteroatoms. The van der Waals surface area contributed by atoms with Gasteiger partial charge in [0.05, 0.1) is 83.0 Å². The quantitative estimate of drug-likeness (QED) is 0.0907. The van der Waals surface area contributed by atoms with E-state index in [1.165, 1.54) is 25.3 Å². The predicted molar refractivity (Wildman–Crippen MR) is 207 cm³/mol. The number of carbonyl (C=O) groups excluding carboxylic acids is 4. The number of hydrogen-bond acceptors (Lipinski definition) is 30. The number of carboxylic acid groups (broad SMARTS) is 4. The predicted octanol–water partition coefficient (Wildman–Crippen LogP) is -6.50. The smallest absolute Gasteiger partial charge is 0.548 e. The molecule has 0 aliphatic heterocycles. The molecule has 36 nitrogen and oxygen atoms in total. The summed E-state index contributed by atoms with van der Waals surface area (Å²) in [5.41, 5.74) is 3.66. The third-order valence-corrected chi connectivity index (χ3v) is 5.91. The summed E-state index contributed by atoms with van der Waals surface area (Å²) in [5.74, 6) is -4.82. The number of tetrazole rings is 4. The Kier molecular flexibility index (Phi) is 36.3. The van der Waals surface area contributed by atoms with Crippen LogP contribution in [0.25, 0.3) is 22.8 Å². The Balaban J connectivity index is 0. The Morgan fingerprint density at radius 2 is 0.571 bits per heavy atom. The van der Waals surface area contributed by atoms with Gasteiger partial charge in [0.15, 0.2) is 0 Å². The zero-order valence-electron chi connectivity index (χ0n) is 34.6. The summed E-state index contributed by atoms with van der Waals surface area (Å²) in [6, 6.07) is 23.2. The fraction of sp³-hybridized carbons (Fsp3) is 0.125. The largest absolute Gasteiger partial charge is 3.00 e. The Hall–Kier alpha value is -8.27. The fourth-order valence-corrected chi connectivity index (χ4v) is 3.60. The van der Waals surface area contributed by atoms with Gasteiger partial charge in [-0.1, -0.05) is 24.3 Å². The van der Waals surface area contributed by atoms with Gasteiger partial charge in [-0.3, -0.25) is 19.9 Å². The van der Waals surface area contributed by atoms with Crippen molar-refractivity contribution in [2.75, 3.05) is 0 Å². The maximum atomic E-state index is 9.84. The van der Waals surface area contributed by atoms with Gasteiger partial charge >= 0.3 is 77.2 Å². The molecule has 0 saturated carbocycles. The minimum atomic E-state index is -1.75. The van der Waals surface area contributed by atoms with E-state index >= 15 is 0 Å². The normalized spacial score (nSPS) is 8.80. The summed E-state index contributed by atoms with van der Waals surface area (Å²) in [7, 11) is 0. The Bertz CT molecular complexity index is 2210. The minimum absolute atomic E-state index is 0. The van der Waals surface area contributed by atoms with E-state index in [0.717, 1.165) is 41.5 Å². The first kappa shape index (κ1) is 63.8. The van der Waals surface area contributed by atoms with Crippen molar-refractivity contribution in [2.45, 2.75) is 26.2 Å². The van der Waals surface area contributed by atoms with Gasteiger partial charge in [0.25, 0.3) is 0 Å². The van der Waals surface area contributed by atoms with Crippen LogP contribution in [-0.4, -0.2) is 135 Å². The van der Waals surface area contributed by atoms with E-state index in [1.54, 1.807) is 24.8 Å². The molecule has 8 aromatic heterocycles. The van der Waals surface area contributed by atoms with E-state index in [0.29, 0.717) is 0 Å². The maximum absolute atomic E-state index is 9.84. The minimum Gasteiger partial charge on any atom is -0.548 e. The first-order chi connectivity index (χ1) is 32.5. The Morgan fingerprint density at radius 3 is 0.686 bits per heavy atom. The first-order valence-electron chi connectivity index (χ1n) is 17.5. The molecule has 0 saturated heterocycles. The topological polar surface area (TPSA) is 519 Å². The molecule has 0 aliphatic carbocycles. The van der Waals surface area contributed by atoms with E-state index in [4.69, 9.17) is 30.6 Å². The number of carbonyl (C=O) groups is 4. The molecule has 0 fully saturated rings. The molecule has 0 amide bonds. The van der Waals surface area contributed by atoms with Crippen LogP contribution in [0.3, 0.4) is 0 Å². The average Bonchev–Trinajstić information content (AvgIpc) is 4.17. The van der Waals surface area contributed by atoms with Crippen LogP contribution < -0.4 is 20.4 Å². The maximum Gasteiger partial charge on any atom is 3.00 e. The molecule has 0 atom stereocenters. The molecule has 0 N–H and O–H groups in total. The van der Waals surface area contributed by atoms with E-state index in [-0.39, 0.29) is 103 Å². The summed E-state index contributed by atoms with van der Waals surface area (Å²) in [6.07, 6.45) is 11.9. The summed E-state index contributed by atoms with van der Waals surface area (Å²) in [6.45, 7) is -1.19. The van der Waals surface area contributed by atoms with Crippen LogP contribution in [-0.2, 0) is 45.4 Å². The van der Waals surface area contributed by atoms with Crippen molar-refractivity contribution in [2.24, 2.45) is 0 Å². The van der Waals surface area contributed by atoms with Crippen molar-refractivity contribution in [3.8, 4) is 22.8 Å². The van der Waals surface area contributed by atoms with E-state index in [9.17, 15) is 39.6 Å². The number of hydrogen-bond donors (Lipinski definition) is 0. The molecule has 0 radical (unpaired) electrons. The van der Waals surface area contributed by atoms with Crippen LogP contribution >= 0.6 is 0 Å². The molecule has 8 heterocycles. The molecule has 368 valence electrons. The summed E-state index contributed by atoms with van der Waals surface area (Å²) < 4.78 is 4.26. The molecule has 0 bridgehead atoms. The number of aromatic nitrogens is 20. The molecule has 0 aromatic carbocycles. The van der Waals surface area contributed by atoms with Crippen LogP contribution in [0.4, 0.5) is 0 Å². The third-order valence-electron chi connectivity index (χ3n) is 5.91. The van der Waals surface area contributed by atoms with E-state index in [1.807, 2.05) is 72.8 Å². The number of nitrogens with zero attached hydrogens (tertiary/aromatic N) is 22. The number of aliphatic carboxylic acids is 4. The second kappa shape index (κ2) is 39.9. The van der Waals surface area contributed by atoms with Gasteiger partial charge in [0, 0.05) is 24.8 Å². The monoisotopic (exact) mass is 1260 g/mol. The van der Waals surface area contributed by atoms with Crippen molar-refractivity contribution in [1.29, 1.82) is 0 Å². The van der Waals surface area contributed by atoms with Crippen LogP contribution in [0.1, 0.15) is 0 Å². The van der Waals surface area contributed by atoms with E-state index in [2.05, 4.69) is 82.0 Å². The van der Waals surface area contributed by atoms with Gasteiger partial charge in [0.1, 0.15) is 25.3 Å². The summed E-state index contributed by atoms with van der Waals surface area (Å²) >= 11 is 0. The molecule has 8 rings (SSSR count). The molecule has 70 heavy (non-hydrogen) atoms. The van der Waals surface area contributed by atoms with Crippen molar-refractivity contribution < 1.29 is 127 Å². The van der Waals surface area contributed by atoms with Crippen molar-refractivity contribution in [1.82, 2.24) is 101 Å². The van der Waals surface area contributed by atoms with Gasteiger partial charge in [-0.05, 0) is 90.2 Å². The second-order valence-electron chi connectivity index (χ2n) is 10.8. The van der Waals surface area contributed by atoms with Gasteiger partial charge < -0.3 is 70.2 Å². The van der Waals surface area contributed by atoms with E-state index < -0.39 is 34.1 Å². The molecule has 0 aliphatic rings. The fourth-order valence-electron chi connectivity index (χ4n) is 3.60. The SMILES string of the molecule is O=C([O-])Cn1cnnn1.O=C([O-])Cn1cnnn1.O=C([O-])Cn1cnnn1.O=C([O-])Cn1cnnn1.O=[N+]([O-])[O-].O=[N+]([O-])[O-].[Tb+3].[Tb+3].c1ccc(-c2ccccn2)nc1.c1ccc(-c2ccccn2)nc1. The third kappa shape index (κ3) is 35.9. The second-order valence-corrected chi connectivity index (χ2v) is 10.8. The molecular formula is C32H28N22O14Tb2. The Labute approximate surface area is 450 Å². The zero-order valence-corrected chi connectivity index (χ0v) is 38.9. The molecule has 0 unspecified atom stereocenters. The molecular weight excluding hydrogens is 1230 g/mol. The molecule has 0 spiro atoms. The van der Waals surface area contributed by atoms with Crippen molar-refractivity contribution in [3.63, 3.8) is 0 Å². The summed E-state index contributed by atoms with van der Waals surface area (Å²) in [4.78, 5) is 72.6. The van der Waals surface area contributed by atoms with Crippen molar-refractivity contribution >= 4 is 23.9 Å². The first-order valence-corrected chi connectivity index (χ1v) is 17.5. The number of carboxylic acids is 4. The van der Waals surface area contributed by atoms with Crippen LogP contribution in [0.5, 0.6) is 0 Å². The van der Waals surface area contributed by atoms with Crippen LogP contribution in [0.15, 0.2) is 123 Å².